The first-order valence-corrected chi connectivity index (χ1v) is 8.63. The van der Waals surface area contributed by atoms with Gasteiger partial charge in [0.1, 0.15) is 0 Å². The van der Waals surface area contributed by atoms with Gasteiger partial charge in [-0.3, -0.25) is 9.78 Å². The number of piperazine rings is 1. The molecular formula is C19H17FN6O2. The number of nitrogens with one attached hydrogen (secondary N) is 1. The molecule has 1 saturated heterocycles. The summed E-state index contributed by atoms with van der Waals surface area (Å²) in [4.78, 5) is 18.2. The molecule has 1 aliphatic rings. The van der Waals surface area contributed by atoms with Gasteiger partial charge in [-0.2, -0.15) is 0 Å². The Labute approximate surface area is 159 Å². The highest BCUT2D eigenvalue weighted by molar-refractivity contribution is 5.96. The molecule has 3 aromatic rings. The number of phenolic OH excluding ortho intramolecular Hbond substituents is 1. The Morgan fingerprint density at radius 1 is 1.14 bits per heavy atom. The molecule has 4 rings (SSSR count). The summed E-state index contributed by atoms with van der Waals surface area (Å²) in [6.07, 6.45) is 1.58. The highest BCUT2D eigenvalue weighted by atomic mass is 19.1. The number of pyridine rings is 1. The summed E-state index contributed by atoms with van der Waals surface area (Å²) in [7, 11) is 0. The van der Waals surface area contributed by atoms with Crippen LogP contribution in [-0.2, 0) is 4.79 Å². The lowest BCUT2D eigenvalue weighted by molar-refractivity contribution is -0.118. The van der Waals surface area contributed by atoms with Crippen LogP contribution in [0, 0.1) is 5.82 Å². The summed E-state index contributed by atoms with van der Waals surface area (Å²) in [5.41, 5.74) is 8.10. The number of carbonyl (C=O) groups is 1. The minimum atomic E-state index is -0.755. The average molecular weight is 380 g/mol. The summed E-state index contributed by atoms with van der Waals surface area (Å²) < 4.78 is 13.7. The van der Waals surface area contributed by atoms with Gasteiger partial charge in [0.15, 0.2) is 17.4 Å². The number of para-hydroxylation sites is 1. The van der Waals surface area contributed by atoms with E-state index in [4.69, 9.17) is 5.73 Å². The fraction of sp³-hybridized carbons (Fsp3) is 0.158. The number of carbonyl (C=O) groups excluding carboxylic acids is 1. The van der Waals surface area contributed by atoms with Crippen molar-refractivity contribution >= 4 is 17.4 Å². The van der Waals surface area contributed by atoms with Gasteiger partial charge >= 0.3 is 0 Å². The van der Waals surface area contributed by atoms with Crippen LogP contribution in [0.2, 0.25) is 0 Å². The number of aromatic nitrogens is 3. The van der Waals surface area contributed by atoms with E-state index in [0.717, 1.165) is 6.07 Å². The molecule has 0 aliphatic carbocycles. The first-order chi connectivity index (χ1) is 13.5. The molecule has 0 atom stereocenters. The maximum absolute atomic E-state index is 13.7. The van der Waals surface area contributed by atoms with Crippen molar-refractivity contribution in [2.75, 3.05) is 30.3 Å². The average Bonchev–Trinajstić information content (AvgIpc) is 2.71. The third-order valence-electron chi connectivity index (χ3n) is 4.51. The minimum absolute atomic E-state index is 0.0328. The van der Waals surface area contributed by atoms with E-state index < -0.39 is 11.6 Å². The topological polar surface area (TPSA) is 117 Å². The highest BCUT2D eigenvalue weighted by Gasteiger charge is 2.20. The third-order valence-corrected chi connectivity index (χ3v) is 4.51. The molecule has 0 saturated carbocycles. The number of hydrogen-bond donors (Lipinski definition) is 3. The molecule has 1 amide bonds. The lowest BCUT2D eigenvalue weighted by Crippen LogP contribution is -2.48. The number of benzene rings is 1. The van der Waals surface area contributed by atoms with E-state index in [1.807, 2.05) is 0 Å². The predicted octanol–water partition coefficient (Wildman–Crippen LogP) is 1.57. The number of hydrogen-bond acceptors (Lipinski definition) is 7. The second-order valence-corrected chi connectivity index (χ2v) is 6.29. The van der Waals surface area contributed by atoms with Gasteiger partial charge in [0.25, 0.3) is 0 Å². The maximum atomic E-state index is 13.7. The van der Waals surface area contributed by atoms with Crippen molar-refractivity contribution in [3.8, 4) is 28.3 Å². The number of aromatic hydroxyl groups is 1. The van der Waals surface area contributed by atoms with Crippen LogP contribution in [0.15, 0.2) is 42.6 Å². The smallest absolute Gasteiger partial charge is 0.240 e. The van der Waals surface area contributed by atoms with Gasteiger partial charge in [-0.15, -0.1) is 10.2 Å². The molecule has 8 nitrogen and oxygen atoms in total. The van der Waals surface area contributed by atoms with Crippen LogP contribution in [0.1, 0.15) is 0 Å². The number of nitrogens with two attached hydrogens (primary N) is 1. The Bertz CT molecular complexity index is 1060. The van der Waals surface area contributed by atoms with Gasteiger partial charge in [0.05, 0.1) is 17.9 Å². The number of phenols is 1. The van der Waals surface area contributed by atoms with E-state index in [9.17, 15) is 14.3 Å². The van der Waals surface area contributed by atoms with Gasteiger partial charge in [0, 0.05) is 36.1 Å². The van der Waals surface area contributed by atoms with Crippen LogP contribution in [0.4, 0.5) is 15.9 Å². The van der Waals surface area contributed by atoms with Crippen LogP contribution in [0.25, 0.3) is 22.5 Å². The number of anilines is 2. The Morgan fingerprint density at radius 2 is 2.00 bits per heavy atom. The lowest BCUT2D eigenvalue weighted by Gasteiger charge is -2.27. The van der Waals surface area contributed by atoms with Crippen molar-refractivity contribution in [2.45, 2.75) is 0 Å². The van der Waals surface area contributed by atoms with Gasteiger partial charge < -0.3 is 21.1 Å². The summed E-state index contributed by atoms with van der Waals surface area (Å²) in [6, 6.07) is 9.23. The molecule has 0 radical (unpaired) electrons. The molecule has 142 valence electrons. The molecule has 1 aromatic carbocycles. The van der Waals surface area contributed by atoms with Crippen molar-refractivity contribution < 1.29 is 14.3 Å². The quantitative estimate of drug-likeness (QED) is 0.631. The molecular weight excluding hydrogens is 363 g/mol. The Morgan fingerprint density at radius 3 is 2.82 bits per heavy atom. The minimum Gasteiger partial charge on any atom is -0.504 e. The largest absolute Gasteiger partial charge is 0.504 e. The second kappa shape index (κ2) is 7.20. The van der Waals surface area contributed by atoms with Crippen LogP contribution in [0.3, 0.4) is 0 Å². The van der Waals surface area contributed by atoms with Crippen molar-refractivity contribution in [3.63, 3.8) is 0 Å². The van der Waals surface area contributed by atoms with E-state index in [1.54, 1.807) is 29.3 Å². The van der Waals surface area contributed by atoms with Gasteiger partial charge in [-0.25, -0.2) is 4.39 Å². The number of nitrogens with zero attached hydrogens (tertiary/aromatic N) is 4. The highest BCUT2D eigenvalue weighted by Crippen LogP contribution is 2.33. The molecule has 1 aliphatic heterocycles. The van der Waals surface area contributed by atoms with Crippen molar-refractivity contribution in [2.24, 2.45) is 0 Å². The van der Waals surface area contributed by atoms with Crippen molar-refractivity contribution in [1.82, 2.24) is 20.5 Å². The number of amides is 1. The fourth-order valence-corrected chi connectivity index (χ4v) is 3.07. The first kappa shape index (κ1) is 17.8. The lowest BCUT2D eigenvalue weighted by atomic mass is 10.1. The van der Waals surface area contributed by atoms with E-state index in [2.05, 4.69) is 20.5 Å². The molecule has 0 bridgehead atoms. The van der Waals surface area contributed by atoms with E-state index >= 15 is 0 Å². The molecule has 0 unspecified atom stereocenters. The standard InChI is InChI=1S/C19H17FN6O2/c20-14-3-1-2-12(18(14)28)16-9-13(19(21)25-24-16)15-8-11(4-5-23-15)26-7-6-22-10-17(26)27/h1-5,8-9,22,28H,6-7,10H2,(H2,21,25). The van der Waals surface area contributed by atoms with Gasteiger partial charge in [-0.05, 0) is 30.3 Å². The normalized spacial score (nSPS) is 14.3. The zero-order chi connectivity index (χ0) is 19.7. The Balaban J connectivity index is 1.76. The summed E-state index contributed by atoms with van der Waals surface area (Å²) in [6.45, 7) is 1.53. The monoisotopic (exact) mass is 380 g/mol. The van der Waals surface area contributed by atoms with Crippen LogP contribution < -0.4 is 16.0 Å². The van der Waals surface area contributed by atoms with E-state index in [0.29, 0.717) is 30.0 Å². The predicted molar refractivity (Wildman–Crippen MR) is 102 cm³/mol. The molecule has 9 heteroatoms. The summed E-state index contributed by atoms with van der Waals surface area (Å²) in [5.74, 6) is -1.17. The second-order valence-electron chi connectivity index (χ2n) is 6.29. The third kappa shape index (κ3) is 3.23. The van der Waals surface area contributed by atoms with Crippen LogP contribution in [0.5, 0.6) is 5.75 Å². The molecule has 1 fully saturated rings. The van der Waals surface area contributed by atoms with Gasteiger partial charge in [0.2, 0.25) is 5.91 Å². The molecule has 28 heavy (non-hydrogen) atoms. The zero-order valence-electron chi connectivity index (χ0n) is 14.8. The Hall–Kier alpha value is -3.59. The SMILES string of the molecule is Nc1nnc(-c2cccc(F)c2O)cc1-c1cc(N2CCNCC2=O)ccn1. The molecule has 4 N–H and O–H groups in total. The number of rotatable bonds is 3. The van der Waals surface area contributed by atoms with Crippen LogP contribution in [-0.4, -0.2) is 45.8 Å². The number of nitrogen functional groups attached to an aromatic ring is 1. The van der Waals surface area contributed by atoms with E-state index in [1.165, 1.54) is 12.1 Å². The first-order valence-electron chi connectivity index (χ1n) is 8.63. The molecule has 3 heterocycles. The summed E-state index contributed by atoms with van der Waals surface area (Å²) >= 11 is 0. The van der Waals surface area contributed by atoms with Gasteiger partial charge in [-0.1, -0.05) is 6.07 Å². The van der Waals surface area contributed by atoms with E-state index in [-0.39, 0.29) is 29.5 Å². The molecule has 0 spiro atoms. The van der Waals surface area contributed by atoms with Crippen molar-refractivity contribution in [1.29, 1.82) is 0 Å². The molecule has 2 aromatic heterocycles. The van der Waals surface area contributed by atoms with Crippen LogP contribution >= 0.6 is 0 Å². The summed E-state index contributed by atoms with van der Waals surface area (Å²) in [5, 5.41) is 20.9. The Kier molecular flexibility index (Phi) is 4.58. The number of halogens is 1. The maximum Gasteiger partial charge on any atom is 0.240 e. The fourth-order valence-electron chi connectivity index (χ4n) is 3.07. The van der Waals surface area contributed by atoms with Crippen molar-refractivity contribution in [3.05, 3.63) is 48.4 Å². The zero-order valence-corrected chi connectivity index (χ0v) is 14.8.